The number of hydrogen-bond donors (Lipinski definition) is 3. The standard InChI is InChI=1S/C25H31N4O6P.ClH/c1-17(30)27-19-7-3-9-21(15-19)34-36(33,35-22-10-4-8-20(16-22)28-18(2)31)24-12-6-14-29(24)25(32)23-11-5-13-26-23;/h3-4,7-10,15-16,23-24,26H,5-6,11-14H2,1-2H3,(H,27,30)(H,28,31);1H. The molecule has 2 heterocycles. The zero-order chi connectivity index (χ0) is 25.7. The van der Waals surface area contributed by atoms with Gasteiger partial charge in [-0.1, -0.05) is 12.1 Å². The van der Waals surface area contributed by atoms with Gasteiger partial charge < -0.3 is 42.3 Å². The van der Waals surface area contributed by atoms with Crippen molar-refractivity contribution in [2.75, 3.05) is 23.7 Å². The number of quaternary nitrogens is 1. The summed E-state index contributed by atoms with van der Waals surface area (Å²) in [6, 6.07) is 12.9. The first-order chi connectivity index (χ1) is 17.2. The second kappa shape index (κ2) is 12.4. The Hall–Kier alpha value is -3.07. The van der Waals surface area contributed by atoms with E-state index in [1.807, 2.05) is 5.32 Å². The van der Waals surface area contributed by atoms with Crippen LogP contribution in [0.3, 0.4) is 0 Å². The first-order valence-corrected chi connectivity index (χ1v) is 13.7. The summed E-state index contributed by atoms with van der Waals surface area (Å²) in [5.74, 6) is -0.832. The Bertz CT molecular complexity index is 1120. The molecule has 2 saturated heterocycles. The van der Waals surface area contributed by atoms with Crippen LogP contribution in [-0.2, 0) is 18.9 Å². The number of rotatable bonds is 8. The van der Waals surface area contributed by atoms with Crippen molar-refractivity contribution in [3.63, 3.8) is 0 Å². The van der Waals surface area contributed by atoms with Crippen LogP contribution in [0.2, 0.25) is 0 Å². The molecule has 10 nitrogen and oxygen atoms in total. The minimum Gasteiger partial charge on any atom is -1.00 e. The average molecular weight is 551 g/mol. The highest BCUT2D eigenvalue weighted by Crippen LogP contribution is 2.57. The van der Waals surface area contributed by atoms with Crippen molar-refractivity contribution < 1.29 is 45.7 Å². The van der Waals surface area contributed by atoms with E-state index in [0.29, 0.717) is 30.8 Å². The molecule has 12 heteroatoms. The summed E-state index contributed by atoms with van der Waals surface area (Å²) in [6.07, 6.45) is 2.89. The van der Waals surface area contributed by atoms with Crippen LogP contribution >= 0.6 is 7.60 Å². The van der Waals surface area contributed by atoms with Gasteiger partial charge in [-0.25, -0.2) is 4.57 Å². The number of carbonyl (C=O) groups excluding carboxylic acids is 3. The highest BCUT2D eigenvalue weighted by Gasteiger charge is 2.49. The summed E-state index contributed by atoms with van der Waals surface area (Å²) >= 11 is 0. The molecule has 2 aliphatic rings. The lowest BCUT2D eigenvalue weighted by atomic mass is 10.2. The molecule has 200 valence electrons. The molecule has 2 unspecified atom stereocenters. The van der Waals surface area contributed by atoms with Crippen molar-refractivity contribution in [1.82, 2.24) is 4.90 Å². The Morgan fingerprint density at radius 3 is 1.97 bits per heavy atom. The van der Waals surface area contributed by atoms with Crippen molar-refractivity contribution in [1.29, 1.82) is 0 Å². The van der Waals surface area contributed by atoms with Gasteiger partial charge in [-0.2, -0.15) is 0 Å². The minimum atomic E-state index is -4.00. The number of carbonyl (C=O) groups is 3. The minimum absolute atomic E-state index is 0. The maximum Gasteiger partial charge on any atom is 0.453 e. The zero-order valence-electron chi connectivity index (χ0n) is 20.8. The number of hydrogen-bond acceptors (Lipinski definition) is 6. The van der Waals surface area contributed by atoms with Gasteiger partial charge in [-0.05, 0) is 37.1 Å². The van der Waals surface area contributed by atoms with Gasteiger partial charge in [-0.3, -0.25) is 14.4 Å². The van der Waals surface area contributed by atoms with E-state index < -0.39 is 13.4 Å². The van der Waals surface area contributed by atoms with E-state index in [1.54, 1.807) is 53.4 Å². The van der Waals surface area contributed by atoms with Crippen LogP contribution in [0.1, 0.15) is 39.5 Å². The SMILES string of the molecule is CC(=O)Nc1cccc(OP(=O)(Oc2cccc(NC(C)=O)c2)C2CCCN2C(=O)C2CCC[NH2+]2)c1.[Cl-]. The normalized spacial score (nSPS) is 19.0. The number of amides is 3. The average Bonchev–Trinajstić information content (AvgIpc) is 3.51. The van der Waals surface area contributed by atoms with E-state index in [1.165, 1.54) is 13.8 Å². The lowest BCUT2D eigenvalue weighted by molar-refractivity contribution is -0.658. The van der Waals surface area contributed by atoms with Gasteiger partial charge in [0.2, 0.25) is 11.8 Å². The Morgan fingerprint density at radius 2 is 1.49 bits per heavy atom. The number of benzene rings is 2. The van der Waals surface area contributed by atoms with Crippen LogP contribution in [0.5, 0.6) is 11.5 Å². The van der Waals surface area contributed by atoms with Crippen LogP contribution < -0.4 is 37.4 Å². The Labute approximate surface area is 222 Å². The van der Waals surface area contributed by atoms with E-state index in [0.717, 1.165) is 19.4 Å². The van der Waals surface area contributed by atoms with Crippen molar-refractivity contribution in [2.45, 2.75) is 51.4 Å². The fourth-order valence-electron chi connectivity index (χ4n) is 4.65. The Balaban J connectivity index is 0.00000380. The van der Waals surface area contributed by atoms with Crippen molar-refractivity contribution in [2.24, 2.45) is 0 Å². The third kappa shape index (κ3) is 7.25. The molecule has 0 aliphatic carbocycles. The molecule has 0 aromatic heterocycles. The van der Waals surface area contributed by atoms with Gasteiger partial charge in [0.25, 0.3) is 5.91 Å². The van der Waals surface area contributed by atoms with Gasteiger partial charge >= 0.3 is 7.60 Å². The topological polar surface area (TPSA) is 131 Å². The molecule has 0 radical (unpaired) electrons. The molecular weight excluding hydrogens is 519 g/mol. The number of nitrogens with one attached hydrogen (secondary N) is 2. The van der Waals surface area contributed by atoms with Crippen LogP contribution in [0.25, 0.3) is 0 Å². The molecule has 2 fully saturated rings. The molecule has 2 aliphatic heterocycles. The maximum absolute atomic E-state index is 14.5. The lowest BCUT2D eigenvalue weighted by Gasteiger charge is -2.31. The molecule has 2 aromatic carbocycles. The predicted molar refractivity (Wildman–Crippen MR) is 135 cm³/mol. The second-order valence-corrected chi connectivity index (χ2v) is 11.1. The van der Waals surface area contributed by atoms with E-state index >= 15 is 0 Å². The van der Waals surface area contributed by atoms with E-state index in [4.69, 9.17) is 9.05 Å². The van der Waals surface area contributed by atoms with Crippen molar-refractivity contribution in [3.05, 3.63) is 48.5 Å². The number of halogens is 1. The second-order valence-electron chi connectivity index (χ2n) is 9.07. The summed E-state index contributed by atoms with van der Waals surface area (Å²) in [5.41, 5.74) is 0.971. The highest BCUT2D eigenvalue weighted by molar-refractivity contribution is 7.55. The molecular formula is C25H32ClN4O6P. The molecule has 2 atom stereocenters. The Morgan fingerprint density at radius 1 is 0.919 bits per heavy atom. The quantitative estimate of drug-likeness (QED) is 0.395. The fourth-order valence-corrected chi connectivity index (χ4v) is 6.81. The van der Waals surface area contributed by atoms with Gasteiger partial charge in [0.15, 0.2) is 11.8 Å². The highest BCUT2D eigenvalue weighted by atomic mass is 35.5. The summed E-state index contributed by atoms with van der Waals surface area (Å²) in [4.78, 5) is 38.0. The first kappa shape index (κ1) is 28.5. The monoisotopic (exact) mass is 550 g/mol. The fraction of sp³-hybridized carbons (Fsp3) is 0.400. The number of likely N-dealkylation sites (tertiary alicyclic amines) is 1. The molecule has 0 saturated carbocycles. The molecule has 3 amide bonds. The van der Waals surface area contributed by atoms with Crippen LogP contribution in [0.4, 0.5) is 11.4 Å². The largest absolute Gasteiger partial charge is 1.00 e. The third-order valence-corrected chi connectivity index (χ3v) is 8.33. The third-order valence-electron chi connectivity index (χ3n) is 6.13. The van der Waals surface area contributed by atoms with Crippen molar-refractivity contribution >= 4 is 36.7 Å². The molecule has 4 N–H and O–H groups in total. The Kier molecular flexibility index (Phi) is 9.59. The van der Waals surface area contributed by atoms with Crippen molar-refractivity contribution in [3.8, 4) is 11.5 Å². The molecule has 37 heavy (non-hydrogen) atoms. The summed E-state index contributed by atoms with van der Waals surface area (Å²) in [6.45, 7) is 4.16. The summed E-state index contributed by atoms with van der Waals surface area (Å²) in [5, 5.41) is 7.39. The van der Waals surface area contributed by atoms with Crippen LogP contribution in [0, 0.1) is 0 Å². The number of nitrogens with two attached hydrogens (primary N) is 1. The number of anilines is 2. The summed E-state index contributed by atoms with van der Waals surface area (Å²) in [7, 11) is -4.00. The predicted octanol–water partition coefficient (Wildman–Crippen LogP) is -0.0674. The molecule has 0 bridgehead atoms. The number of nitrogens with zero attached hydrogens (tertiary/aromatic N) is 1. The first-order valence-electron chi connectivity index (χ1n) is 12.1. The molecule has 4 rings (SSSR count). The van der Waals surface area contributed by atoms with Gasteiger partial charge in [0.05, 0.1) is 6.54 Å². The molecule has 0 spiro atoms. The zero-order valence-corrected chi connectivity index (χ0v) is 22.5. The van der Waals surface area contributed by atoms with Gasteiger partial charge in [0, 0.05) is 56.7 Å². The smallest absolute Gasteiger partial charge is 0.453 e. The van der Waals surface area contributed by atoms with E-state index in [2.05, 4.69) is 10.6 Å². The van der Waals surface area contributed by atoms with E-state index in [-0.39, 0.29) is 47.7 Å². The summed E-state index contributed by atoms with van der Waals surface area (Å²) < 4.78 is 26.7. The van der Waals surface area contributed by atoms with Crippen LogP contribution in [-0.4, -0.2) is 47.5 Å². The van der Waals surface area contributed by atoms with Gasteiger partial charge in [-0.15, -0.1) is 0 Å². The van der Waals surface area contributed by atoms with Crippen LogP contribution in [0.15, 0.2) is 48.5 Å². The van der Waals surface area contributed by atoms with Gasteiger partial charge in [0.1, 0.15) is 11.5 Å². The van der Waals surface area contributed by atoms with E-state index in [9.17, 15) is 18.9 Å². The molecule has 2 aromatic rings. The maximum atomic E-state index is 14.5. The lowest BCUT2D eigenvalue weighted by Crippen LogP contribution is -3.00.